The Morgan fingerprint density at radius 2 is 1.56 bits per heavy atom. The molecule has 0 spiro atoms. The Kier molecular flexibility index (Phi) is 4.91. The topological polar surface area (TPSA) is 49.8 Å². The first-order chi connectivity index (χ1) is 12.1. The fourth-order valence-corrected chi connectivity index (χ4v) is 2.66. The molecule has 126 valence electrons. The largest absolute Gasteiger partial charge is 0.508 e. The van der Waals surface area contributed by atoms with Crippen molar-refractivity contribution >= 4 is 28.9 Å². The van der Waals surface area contributed by atoms with Crippen molar-refractivity contribution in [2.75, 3.05) is 12.0 Å². The number of phenols is 1. The maximum atomic E-state index is 13.1. The van der Waals surface area contributed by atoms with Gasteiger partial charge in [-0.15, -0.1) is 0 Å². The molecule has 25 heavy (non-hydrogen) atoms. The van der Waals surface area contributed by atoms with Gasteiger partial charge in [-0.3, -0.25) is 9.69 Å². The molecule has 0 fully saturated rings. The van der Waals surface area contributed by atoms with Gasteiger partial charge in [-0.2, -0.15) is 0 Å². The maximum Gasteiger partial charge on any atom is 0.262 e. The quantitative estimate of drug-likeness (QED) is 0.715. The Balaban J connectivity index is 2.07. The molecule has 1 N–H and O–H groups in total. The van der Waals surface area contributed by atoms with Gasteiger partial charge in [-0.05, 0) is 66.7 Å². The minimum atomic E-state index is -0.224. The van der Waals surface area contributed by atoms with Gasteiger partial charge in [0.05, 0.1) is 7.11 Å². The average molecular weight is 354 g/mol. The highest BCUT2D eigenvalue weighted by Crippen LogP contribution is 2.30. The van der Waals surface area contributed by atoms with Crippen molar-refractivity contribution in [1.29, 1.82) is 0 Å². The lowest BCUT2D eigenvalue weighted by Crippen LogP contribution is -2.25. The molecule has 0 aliphatic rings. The third-order valence-electron chi connectivity index (χ3n) is 3.71. The summed E-state index contributed by atoms with van der Waals surface area (Å²) in [5.74, 6) is 0.608. The first-order valence-corrected chi connectivity index (χ1v) is 7.99. The number of halogens is 1. The van der Waals surface area contributed by atoms with Crippen LogP contribution >= 0.6 is 11.6 Å². The molecule has 0 aromatic heterocycles. The molecule has 0 aliphatic heterocycles. The second-order valence-corrected chi connectivity index (χ2v) is 5.80. The molecule has 0 saturated carbocycles. The van der Waals surface area contributed by atoms with Crippen LogP contribution in [0, 0.1) is 0 Å². The molecule has 3 aromatic rings. The Morgan fingerprint density at radius 3 is 2.12 bits per heavy atom. The van der Waals surface area contributed by atoms with Crippen molar-refractivity contribution < 1.29 is 14.6 Å². The molecular formula is C20H16ClNO3. The molecule has 3 rings (SSSR count). The van der Waals surface area contributed by atoms with Gasteiger partial charge in [0, 0.05) is 22.0 Å². The predicted molar refractivity (Wildman–Crippen MR) is 99.0 cm³/mol. The third kappa shape index (κ3) is 3.75. The summed E-state index contributed by atoms with van der Waals surface area (Å²) >= 11 is 6.03. The van der Waals surface area contributed by atoms with Gasteiger partial charge in [0.15, 0.2) is 0 Å². The molecule has 0 saturated heterocycles. The maximum absolute atomic E-state index is 13.1. The molecule has 0 radical (unpaired) electrons. The number of benzene rings is 3. The van der Waals surface area contributed by atoms with Crippen molar-refractivity contribution in [2.45, 2.75) is 0 Å². The fourth-order valence-electron chi connectivity index (χ4n) is 2.47. The Bertz CT molecular complexity index is 876. The van der Waals surface area contributed by atoms with E-state index in [1.54, 1.807) is 72.7 Å². The van der Waals surface area contributed by atoms with Gasteiger partial charge in [-0.1, -0.05) is 17.7 Å². The van der Waals surface area contributed by atoms with Crippen LogP contribution in [-0.4, -0.2) is 18.1 Å². The summed E-state index contributed by atoms with van der Waals surface area (Å²) in [4.78, 5) is 14.7. The summed E-state index contributed by atoms with van der Waals surface area (Å²) in [7, 11) is 1.59. The lowest BCUT2D eigenvalue weighted by Gasteiger charge is -2.23. The Morgan fingerprint density at radius 1 is 0.960 bits per heavy atom. The molecule has 0 heterocycles. The van der Waals surface area contributed by atoms with E-state index in [1.165, 1.54) is 12.1 Å². The number of carbonyl (C=O) groups is 1. The Hall–Kier alpha value is -2.98. The van der Waals surface area contributed by atoms with Crippen LogP contribution in [0.15, 0.2) is 72.8 Å². The second kappa shape index (κ2) is 7.28. The first kappa shape index (κ1) is 16.9. The average Bonchev–Trinajstić information content (AvgIpc) is 2.64. The number of methoxy groups -OCH3 is 1. The van der Waals surface area contributed by atoms with Gasteiger partial charge >= 0.3 is 0 Å². The zero-order chi connectivity index (χ0) is 17.8. The highest BCUT2D eigenvalue weighted by molar-refractivity contribution is 6.31. The minimum absolute atomic E-state index is 0.133. The van der Waals surface area contributed by atoms with Crippen LogP contribution in [0.25, 0.3) is 0 Å². The highest BCUT2D eigenvalue weighted by Gasteiger charge is 2.20. The monoisotopic (exact) mass is 353 g/mol. The van der Waals surface area contributed by atoms with E-state index in [2.05, 4.69) is 0 Å². The summed E-state index contributed by atoms with van der Waals surface area (Å²) < 4.78 is 5.18. The van der Waals surface area contributed by atoms with E-state index in [1.807, 2.05) is 0 Å². The van der Waals surface area contributed by atoms with E-state index in [0.717, 1.165) is 0 Å². The fraction of sp³-hybridized carbons (Fsp3) is 0.0500. The first-order valence-electron chi connectivity index (χ1n) is 7.61. The SMILES string of the molecule is COc1ccc(N(C(=O)c2cccc(Cl)c2)c2ccc(O)cc2)cc1. The number of hydrogen-bond acceptors (Lipinski definition) is 3. The molecule has 0 atom stereocenters. The molecule has 4 nitrogen and oxygen atoms in total. The Labute approximate surface area is 150 Å². The van der Waals surface area contributed by atoms with Crippen molar-refractivity contribution in [3.63, 3.8) is 0 Å². The summed E-state index contributed by atoms with van der Waals surface area (Å²) in [5, 5.41) is 10.0. The standard InChI is InChI=1S/C20H16ClNO3/c1-25-19-11-7-17(8-12-19)22(16-5-9-18(23)10-6-16)20(24)14-3-2-4-15(21)13-14/h2-13,23H,1H3. The molecule has 0 unspecified atom stereocenters. The van der Waals surface area contributed by atoms with E-state index in [9.17, 15) is 9.90 Å². The van der Waals surface area contributed by atoms with E-state index in [-0.39, 0.29) is 11.7 Å². The van der Waals surface area contributed by atoms with Gasteiger partial charge in [0.25, 0.3) is 5.91 Å². The van der Waals surface area contributed by atoms with Crippen molar-refractivity contribution in [3.8, 4) is 11.5 Å². The number of ether oxygens (including phenoxy) is 1. The van der Waals surface area contributed by atoms with Crippen LogP contribution in [0.5, 0.6) is 11.5 Å². The zero-order valence-corrected chi connectivity index (χ0v) is 14.3. The van der Waals surface area contributed by atoms with Gasteiger partial charge in [0.2, 0.25) is 0 Å². The molecular weight excluding hydrogens is 338 g/mol. The number of aromatic hydroxyl groups is 1. The van der Waals surface area contributed by atoms with Crippen LogP contribution in [-0.2, 0) is 0 Å². The highest BCUT2D eigenvalue weighted by atomic mass is 35.5. The summed E-state index contributed by atoms with van der Waals surface area (Å²) in [6.45, 7) is 0. The van der Waals surface area contributed by atoms with Crippen molar-refractivity contribution in [2.24, 2.45) is 0 Å². The predicted octanol–water partition coefficient (Wildman–Crippen LogP) is 5.03. The molecule has 1 amide bonds. The van der Waals surface area contributed by atoms with Crippen LogP contribution in [0.1, 0.15) is 10.4 Å². The van der Waals surface area contributed by atoms with E-state index >= 15 is 0 Å². The van der Waals surface area contributed by atoms with Crippen LogP contribution in [0.2, 0.25) is 5.02 Å². The number of carbonyl (C=O) groups excluding carboxylic acids is 1. The van der Waals surface area contributed by atoms with Crippen molar-refractivity contribution in [1.82, 2.24) is 0 Å². The summed E-state index contributed by atoms with van der Waals surface area (Å²) in [6.07, 6.45) is 0. The lowest BCUT2D eigenvalue weighted by molar-refractivity contribution is 0.0999. The lowest BCUT2D eigenvalue weighted by atomic mass is 10.1. The van der Waals surface area contributed by atoms with E-state index in [4.69, 9.17) is 16.3 Å². The van der Waals surface area contributed by atoms with Crippen LogP contribution < -0.4 is 9.64 Å². The smallest absolute Gasteiger partial charge is 0.262 e. The molecule has 0 aliphatic carbocycles. The van der Waals surface area contributed by atoms with Crippen molar-refractivity contribution in [3.05, 3.63) is 83.4 Å². The number of hydrogen-bond donors (Lipinski definition) is 1. The zero-order valence-electron chi connectivity index (χ0n) is 13.5. The third-order valence-corrected chi connectivity index (χ3v) is 3.95. The molecule has 5 heteroatoms. The van der Waals surface area contributed by atoms with Gasteiger partial charge in [-0.25, -0.2) is 0 Å². The number of rotatable bonds is 4. The van der Waals surface area contributed by atoms with Crippen LogP contribution in [0.4, 0.5) is 11.4 Å². The molecule has 0 bridgehead atoms. The van der Waals surface area contributed by atoms with Gasteiger partial charge in [0.1, 0.15) is 11.5 Å². The minimum Gasteiger partial charge on any atom is -0.508 e. The number of nitrogens with zero attached hydrogens (tertiary/aromatic N) is 1. The number of amides is 1. The number of anilines is 2. The normalized spacial score (nSPS) is 10.3. The second-order valence-electron chi connectivity index (χ2n) is 5.37. The van der Waals surface area contributed by atoms with E-state index in [0.29, 0.717) is 27.7 Å². The van der Waals surface area contributed by atoms with Crippen LogP contribution in [0.3, 0.4) is 0 Å². The summed E-state index contributed by atoms with van der Waals surface area (Å²) in [6, 6.07) is 20.4. The van der Waals surface area contributed by atoms with Gasteiger partial charge < -0.3 is 9.84 Å². The van der Waals surface area contributed by atoms with E-state index < -0.39 is 0 Å². The number of phenolic OH excluding ortho intramolecular Hbond substituents is 1. The summed E-state index contributed by atoms with van der Waals surface area (Å²) in [5.41, 5.74) is 1.78. The molecule has 3 aromatic carbocycles.